The number of aromatic nitrogens is 2. The van der Waals surface area contributed by atoms with Gasteiger partial charge in [0, 0.05) is 54.6 Å². The summed E-state index contributed by atoms with van der Waals surface area (Å²) in [5.74, 6) is 7.47. The molecule has 0 aliphatic carbocycles. The highest BCUT2D eigenvalue weighted by atomic mass is 32.1. The Balaban J connectivity index is 1.46. The molecule has 34 heavy (non-hydrogen) atoms. The van der Waals surface area contributed by atoms with E-state index < -0.39 is 0 Å². The third-order valence-electron chi connectivity index (χ3n) is 5.79. The lowest BCUT2D eigenvalue weighted by atomic mass is 9.97. The Bertz CT molecular complexity index is 1200. The molecule has 2 aromatic heterocycles. The topological polar surface area (TPSA) is 67.5 Å². The largest absolute Gasteiger partial charge is 0.485 e. The quantitative estimate of drug-likeness (QED) is 0.529. The van der Waals surface area contributed by atoms with Gasteiger partial charge in [0.2, 0.25) is 0 Å². The SMILES string of the molecule is CC1CN(c2ncc(-c3cnc(N)c(OCc4cccc(C#CC(C)(C)C)c4)c3)s2)CCN1C. The molecule has 3 aromatic rings. The summed E-state index contributed by atoms with van der Waals surface area (Å²) in [6.07, 6.45) is 3.70. The molecule has 1 atom stereocenters. The van der Waals surface area contributed by atoms with E-state index in [-0.39, 0.29) is 5.41 Å². The fourth-order valence-corrected chi connectivity index (χ4v) is 4.56. The second-order valence-corrected chi connectivity index (χ2v) is 10.9. The average Bonchev–Trinajstić information content (AvgIpc) is 3.29. The molecule has 178 valence electrons. The Hall–Kier alpha value is -3.08. The molecule has 6 nitrogen and oxygen atoms in total. The maximum absolute atomic E-state index is 6.12. The molecule has 1 aromatic carbocycles. The van der Waals surface area contributed by atoms with Gasteiger partial charge in [-0.25, -0.2) is 9.97 Å². The normalized spacial score (nSPS) is 16.7. The fourth-order valence-electron chi connectivity index (χ4n) is 3.63. The molecule has 1 fully saturated rings. The van der Waals surface area contributed by atoms with Crippen LogP contribution in [0, 0.1) is 17.3 Å². The van der Waals surface area contributed by atoms with Gasteiger partial charge in [-0.05, 0) is 58.5 Å². The highest BCUT2D eigenvalue weighted by Gasteiger charge is 2.23. The zero-order chi connectivity index (χ0) is 24.3. The first-order valence-electron chi connectivity index (χ1n) is 11.6. The summed E-state index contributed by atoms with van der Waals surface area (Å²) in [7, 11) is 2.17. The van der Waals surface area contributed by atoms with Crippen molar-refractivity contribution in [1.29, 1.82) is 0 Å². The van der Waals surface area contributed by atoms with Crippen molar-refractivity contribution in [2.75, 3.05) is 37.3 Å². The smallest absolute Gasteiger partial charge is 0.185 e. The molecule has 1 saturated heterocycles. The molecule has 0 spiro atoms. The molecule has 2 N–H and O–H groups in total. The van der Waals surface area contributed by atoms with E-state index in [2.05, 4.69) is 72.4 Å². The third kappa shape index (κ3) is 6.07. The standard InChI is InChI=1S/C27H33N5OS/c1-19-17-32(12-11-31(19)5)26-30-16-24(34-26)22-14-23(25(28)29-15-22)33-18-21-8-6-7-20(13-21)9-10-27(2,3)4/h6-8,13-16,19H,11-12,17-18H2,1-5H3,(H2,28,29). The number of ether oxygens (including phenoxy) is 1. The molecule has 0 radical (unpaired) electrons. The molecular formula is C27H33N5OS. The number of nitrogens with two attached hydrogens (primary N) is 1. The zero-order valence-corrected chi connectivity index (χ0v) is 21.4. The monoisotopic (exact) mass is 475 g/mol. The minimum atomic E-state index is -0.0355. The van der Waals surface area contributed by atoms with E-state index in [0.29, 0.717) is 24.2 Å². The first-order chi connectivity index (χ1) is 16.2. The lowest BCUT2D eigenvalue weighted by Gasteiger charge is -2.37. The Labute approximate surface area is 206 Å². The van der Waals surface area contributed by atoms with Gasteiger partial charge in [-0.1, -0.05) is 35.3 Å². The molecule has 1 unspecified atom stereocenters. The second kappa shape index (κ2) is 10.0. The average molecular weight is 476 g/mol. The van der Waals surface area contributed by atoms with Crippen molar-refractivity contribution in [2.45, 2.75) is 40.3 Å². The minimum absolute atomic E-state index is 0.0355. The minimum Gasteiger partial charge on any atom is -0.485 e. The third-order valence-corrected chi connectivity index (χ3v) is 6.90. The first-order valence-corrected chi connectivity index (χ1v) is 12.4. The van der Waals surface area contributed by atoms with Gasteiger partial charge in [-0.3, -0.25) is 0 Å². The number of anilines is 2. The number of pyridine rings is 1. The van der Waals surface area contributed by atoms with Crippen LogP contribution in [0.25, 0.3) is 10.4 Å². The fraction of sp³-hybridized carbons (Fsp3) is 0.407. The number of hydrogen-bond acceptors (Lipinski definition) is 7. The number of hydrogen-bond donors (Lipinski definition) is 1. The van der Waals surface area contributed by atoms with Gasteiger partial charge >= 0.3 is 0 Å². The molecule has 1 aliphatic heterocycles. The number of benzene rings is 1. The Kier molecular flexibility index (Phi) is 7.11. The van der Waals surface area contributed by atoms with Gasteiger partial charge in [0.25, 0.3) is 0 Å². The van der Waals surface area contributed by atoms with Gasteiger partial charge in [-0.15, -0.1) is 0 Å². The van der Waals surface area contributed by atoms with Crippen molar-refractivity contribution in [3.05, 3.63) is 53.9 Å². The van der Waals surface area contributed by atoms with Crippen LogP contribution < -0.4 is 15.4 Å². The first kappa shape index (κ1) is 24.1. The summed E-state index contributed by atoms with van der Waals surface area (Å²) in [5, 5.41) is 1.04. The van der Waals surface area contributed by atoms with E-state index in [1.54, 1.807) is 17.5 Å². The molecule has 3 heterocycles. The summed E-state index contributed by atoms with van der Waals surface area (Å²) in [5.41, 5.74) is 9.06. The lowest BCUT2D eigenvalue weighted by molar-refractivity contribution is 0.234. The van der Waals surface area contributed by atoms with Crippen molar-refractivity contribution in [3.63, 3.8) is 0 Å². The molecule has 1 aliphatic rings. The zero-order valence-electron chi connectivity index (χ0n) is 20.6. The summed E-state index contributed by atoms with van der Waals surface area (Å²) in [4.78, 5) is 14.8. The molecule has 4 rings (SSSR count). The number of piperazine rings is 1. The van der Waals surface area contributed by atoms with Gasteiger partial charge in [0.15, 0.2) is 16.7 Å². The predicted molar refractivity (Wildman–Crippen MR) is 141 cm³/mol. The molecule has 7 heteroatoms. The number of likely N-dealkylation sites (N-methyl/N-ethyl adjacent to an activating group) is 1. The predicted octanol–water partition coefficient (Wildman–Crippen LogP) is 4.90. The second-order valence-electron chi connectivity index (χ2n) is 9.88. The van der Waals surface area contributed by atoms with E-state index in [9.17, 15) is 0 Å². The number of thiazole rings is 1. The van der Waals surface area contributed by atoms with Crippen molar-refractivity contribution in [2.24, 2.45) is 5.41 Å². The highest BCUT2D eigenvalue weighted by Crippen LogP contribution is 2.34. The van der Waals surface area contributed by atoms with Crippen LogP contribution in [0.4, 0.5) is 10.9 Å². The van der Waals surface area contributed by atoms with Crippen LogP contribution >= 0.6 is 11.3 Å². The van der Waals surface area contributed by atoms with E-state index >= 15 is 0 Å². The highest BCUT2D eigenvalue weighted by molar-refractivity contribution is 7.18. The van der Waals surface area contributed by atoms with Crippen LogP contribution in [-0.4, -0.2) is 47.6 Å². The van der Waals surface area contributed by atoms with E-state index in [0.717, 1.165) is 46.3 Å². The Morgan fingerprint density at radius 3 is 2.76 bits per heavy atom. The molecule has 0 saturated carbocycles. The number of nitrogen functional groups attached to an aromatic ring is 1. The van der Waals surface area contributed by atoms with Gasteiger partial charge in [0.05, 0.1) is 4.88 Å². The van der Waals surface area contributed by atoms with Gasteiger partial charge in [-0.2, -0.15) is 0 Å². The summed E-state index contributed by atoms with van der Waals surface area (Å²) in [6.45, 7) is 12.0. The van der Waals surface area contributed by atoms with Crippen LogP contribution in [-0.2, 0) is 6.61 Å². The van der Waals surface area contributed by atoms with Crippen molar-refractivity contribution < 1.29 is 4.74 Å². The van der Waals surface area contributed by atoms with Crippen LogP contribution in [0.1, 0.15) is 38.8 Å². The van der Waals surface area contributed by atoms with Crippen molar-refractivity contribution in [1.82, 2.24) is 14.9 Å². The maximum Gasteiger partial charge on any atom is 0.185 e. The summed E-state index contributed by atoms with van der Waals surface area (Å²) in [6, 6.07) is 10.6. The van der Waals surface area contributed by atoms with Crippen LogP contribution in [0.5, 0.6) is 5.75 Å². The summed E-state index contributed by atoms with van der Waals surface area (Å²) < 4.78 is 6.07. The number of rotatable bonds is 5. The van der Waals surface area contributed by atoms with E-state index in [1.807, 2.05) is 30.5 Å². The Morgan fingerprint density at radius 1 is 1.18 bits per heavy atom. The van der Waals surface area contributed by atoms with Crippen LogP contribution in [0.2, 0.25) is 0 Å². The van der Waals surface area contributed by atoms with E-state index in [1.165, 1.54) is 0 Å². The molecule has 0 bridgehead atoms. The number of nitrogens with zero attached hydrogens (tertiary/aromatic N) is 4. The molecule has 0 amide bonds. The summed E-state index contributed by atoms with van der Waals surface area (Å²) >= 11 is 1.68. The van der Waals surface area contributed by atoms with Gasteiger partial charge < -0.3 is 20.3 Å². The van der Waals surface area contributed by atoms with Crippen LogP contribution in [0.15, 0.2) is 42.7 Å². The van der Waals surface area contributed by atoms with Gasteiger partial charge in [0.1, 0.15) is 6.61 Å². The maximum atomic E-state index is 6.12. The van der Waals surface area contributed by atoms with Crippen molar-refractivity contribution in [3.8, 4) is 28.0 Å². The van der Waals surface area contributed by atoms with E-state index in [4.69, 9.17) is 10.5 Å². The molecular weight excluding hydrogens is 442 g/mol. The lowest BCUT2D eigenvalue weighted by Crippen LogP contribution is -2.50. The van der Waals surface area contributed by atoms with Crippen LogP contribution in [0.3, 0.4) is 0 Å². The Morgan fingerprint density at radius 2 is 2.00 bits per heavy atom. The van der Waals surface area contributed by atoms with Crippen molar-refractivity contribution >= 4 is 22.3 Å².